The number of fused-ring (bicyclic) bond motifs is 7. The fourth-order valence-corrected chi connectivity index (χ4v) is 7.94. The molecular formula is C37H24N2OS. The Labute approximate surface area is 238 Å². The second-order valence-corrected chi connectivity index (χ2v) is 12.4. The number of nitrogens with zero attached hydrogens (tertiary/aromatic N) is 2. The average Bonchev–Trinajstić information content (AvgIpc) is 3.05. The van der Waals surface area contributed by atoms with Gasteiger partial charge in [0, 0.05) is 5.56 Å². The second-order valence-electron chi connectivity index (χ2n) is 10.3. The molecular weight excluding hydrogens is 520 g/mol. The van der Waals surface area contributed by atoms with Crippen LogP contribution < -0.4 is 0 Å². The Morgan fingerprint density at radius 1 is 0.415 bits per heavy atom. The van der Waals surface area contributed by atoms with Gasteiger partial charge in [0.15, 0.2) is 0 Å². The van der Waals surface area contributed by atoms with Crippen LogP contribution in [0, 0.1) is 0 Å². The maximum absolute atomic E-state index is 14.7. The lowest BCUT2D eigenvalue weighted by molar-refractivity contribution is 0.684. The van der Waals surface area contributed by atoms with Crippen LogP contribution in [0.15, 0.2) is 160 Å². The van der Waals surface area contributed by atoms with Crippen LogP contribution in [0.2, 0.25) is 0 Å². The van der Waals surface area contributed by atoms with E-state index in [0.717, 1.165) is 22.4 Å². The van der Waals surface area contributed by atoms with Gasteiger partial charge in [-0.05, 0) is 79.8 Å². The summed E-state index contributed by atoms with van der Waals surface area (Å²) in [7, 11) is -2.99. The molecule has 7 aromatic rings. The van der Waals surface area contributed by atoms with Gasteiger partial charge in [0.25, 0.3) is 0 Å². The number of para-hydroxylation sites is 1. The van der Waals surface area contributed by atoms with Crippen molar-refractivity contribution < 1.29 is 4.21 Å². The highest BCUT2D eigenvalue weighted by atomic mass is 32.2. The molecule has 0 radical (unpaired) electrons. The zero-order valence-electron chi connectivity index (χ0n) is 22.1. The molecule has 1 atom stereocenters. The molecule has 0 saturated heterocycles. The molecule has 1 aliphatic heterocycles. The first-order valence-corrected chi connectivity index (χ1v) is 15.1. The standard InChI is InChI=1S/C37H24N2OS/c40-41(28-13-2-1-3-14-28)37(38-35-19-8-9-20-36(35)39-41)27-12-10-11-25(23-27)26-21-22-33-31-17-5-4-15-29(31)30-16-6-7-18-32(30)34(33)24-26/h1-24H. The van der Waals surface area contributed by atoms with E-state index in [0.29, 0.717) is 15.6 Å². The van der Waals surface area contributed by atoms with E-state index in [1.165, 1.54) is 32.3 Å². The van der Waals surface area contributed by atoms with E-state index in [1.807, 2.05) is 66.7 Å². The fraction of sp³-hybridized carbons (Fsp3) is 0. The minimum atomic E-state index is -2.99. The second kappa shape index (κ2) is 9.26. The molecule has 7 aromatic carbocycles. The summed E-state index contributed by atoms with van der Waals surface area (Å²) in [5.41, 5.74) is 4.32. The number of benzene rings is 7. The minimum Gasteiger partial charge on any atom is -0.238 e. The zero-order chi connectivity index (χ0) is 27.4. The summed E-state index contributed by atoms with van der Waals surface area (Å²) in [6, 6.07) is 49.2. The van der Waals surface area contributed by atoms with Crippen molar-refractivity contribution in [3.63, 3.8) is 0 Å². The average molecular weight is 545 g/mol. The first-order valence-electron chi connectivity index (χ1n) is 13.6. The lowest BCUT2D eigenvalue weighted by Gasteiger charge is -2.19. The van der Waals surface area contributed by atoms with E-state index in [-0.39, 0.29) is 0 Å². The molecule has 0 bridgehead atoms. The molecule has 1 heterocycles. The summed E-state index contributed by atoms with van der Waals surface area (Å²) in [5.74, 6) is 0. The Balaban J connectivity index is 1.33. The number of hydrogen-bond acceptors (Lipinski definition) is 3. The van der Waals surface area contributed by atoms with Gasteiger partial charge in [0.2, 0.25) is 0 Å². The van der Waals surface area contributed by atoms with Crippen LogP contribution in [0.5, 0.6) is 0 Å². The molecule has 194 valence electrons. The lowest BCUT2D eigenvalue weighted by Crippen LogP contribution is -2.18. The molecule has 0 saturated carbocycles. The van der Waals surface area contributed by atoms with Crippen LogP contribution >= 0.6 is 0 Å². The first kappa shape index (κ1) is 23.8. The van der Waals surface area contributed by atoms with Crippen molar-refractivity contribution in [2.45, 2.75) is 4.90 Å². The summed E-state index contributed by atoms with van der Waals surface area (Å²) >= 11 is 0. The van der Waals surface area contributed by atoms with Gasteiger partial charge in [-0.15, -0.1) is 0 Å². The van der Waals surface area contributed by atoms with Crippen molar-refractivity contribution >= 4 is 58.5 Å². The Morgan fingerprint density at radius 2 is 0.951 bits per heavy atom. The SMILES string of the molecule is O=S1(c2ccccc2)=Nc2ccccc2N=C1c1cccc(-c2ccc3c4ccccc4c4ccccc4c3c2)c1. The predicted molar refractivity (Wildman–Crippen MR) is 172 cm³/mol. The third kappa shape index (κ3) is 3.80. The summed E-state index contributed by atoms with van der Waals surface area (Å²) in [5, 5.41) is 7.94. The molecule has 8 rings (SSSR count). The molecule has 1 unspecified atom stereocenters. The Bertz CT molecular complexity index is 2280. The normalized spacial score (nSPS) is 16.3. The van der Waals surface area contributed by atoms with Gasteiger partial charge in [-0.1, -0.05) is 109 Å². The fourth-order valence-electron chi connectivity index (χ4n) is 5.90. The van der Waals surface area contributed by atoms with Crippen LogP contribution in [0.4, 0.5) is 11.4 Å². The van der Waals surface area contributed by atoms with Crippen molar-refractivity contribution in [1.29, 1.82) is 0 Å². The van der Waals surface area contributed by atoms with Crippen molar-refractivity contribution in [3.05, 3.63) is 151 Å². The molecule has 0 fully saturated rings. The van der Waals surface area contributed by atoms with E-state index < -0.39 is 9.73 Å². The summed E-state index contributed by atoms with van der Waals surface area (Å²) in [6.45, 7) is 0. The number of aliphatic imine (C=N–C) groups is 1. The Hall–Kier alpha value is -5.06. The topological polar surface area (TPSA) is 41.8 Å². The molecule has 0 N–H and O–H groups in total. The molecule has 0 amide bonds. The van der Waals surface area contributed by atoms with Crippen LogP contribution in [0.3, 0.4) is 0 Å². The van der Waals surface area contributed by atoms with E-state index in [4.69, 9.17) is 9.36 Å². The monoisotopic (exact) mass is 544 g/mol. The zero-order valence-corrected chi connectivity index (χ0v) is 22.9. The molecule has 41 heavy (non-hydrogen) atoms. The van der Waals surface area contributed by atoms with Gasteiger partial charge in [0.05, 0.1) is 16.3 Å². The maximum Gasteiger partial charge on any atom is 0.148 e. The van der Waals surface area contributed by atoms with Gasteiger partial charge in [0.1, 0.15) is 14.8 Å². The van der Waals surface area contributed by atoms with Gasteiger partial charge < -0.3 is 0 Å². The quantitative estimate of drug-likeness (QED) is 0.204. The summed E-state index contributed by atoms with van der Waals surface area (Å²) in [6.07, 6.45) is 0. The van der Waals surface area contributed by atoms with Gasteiger partial charge in [-0.25, -0.2) is 9.20 Å². The van der Waals surface area contributed by atoms with Crippen molar-refractivity contribution in [2.24, 2.45) is 9.36 Å². The smallest absolute Gasteiger partial charge is 0.148 e. The van der Waals surface area contributed by atoms with Gasteiger partial charge >= 0.3 is 0 Å². The van der Waals surface area contributed by atoms with Gasteiger partial charge in [-0.2, -0.15) is 4.36 Å². The Kier molecular flexibility index (Phi) is 5.37. The first-order chi connectivity index (χ1) is 20.2. The minimum absolute atomic E-state index is 0.487. The molecule has 0 spiro atoms. The van der Waals surface area contributed by atoms with Crippen molar-refractivity contribution in [3.8, 4) is 11.1 Å². The Morgan fingerprint density at radius 3 is 1.66 bits per heavy atom. The highest BCUT2D eigenvalue weighted by Gasteiger charge is 2.27. The molecule has 0 aliphatic carbocycles. The van der Waals surface area contributed by atoms with Crippen LogP contribution in [-0.2, 0) is 9.73 Å². The van der Waals surface area contributed by atoms with Crippen LogP contribution in [-0.4, -0.2) is 9.25 Å². The molecule has 1 aliphatic rings. The third-order valence-electron chi connectivity index (χ3n) is 7.84. The van der Waals surface area contributed by atoms with Crippen molar-refractivity contribution in [1.82, 2.24) is 0 Å². The summed E-state index contributed by atoms with van der Waals surface area (Å²) in [4.78, 5) is 5.61. The number of hydrogen-bond donors (Lipinski definition) is 0. The predicted octanol–water partition coefficient (Wildman–Crippen LogP) is 10.1. The summed E-state index contributed by atoms with van der Waals surface area (Å²) < 4.78 is 19.5. The highest BCUT2D eigenvalue weighted by molar-refractivity contribution is 8.09. The van der Waals surface area contributed by atoms with Crippen molar-refractivity contribution in [2.75, 3.05) is 0 Å². The maximum atomic E-state index is 14.7. The lowest BCUT2D eigenvalue weighted by atomic mass is 9.92. The third-order valence-corrected chi connectivity index (χ3v) is 10.1. The molecule has 4 heteroatoms. The van der Waals surface area contributed by atoms with E-state index >= 15 is 0 Å². The highest BCUT2D eigenvalue weighted by Crippen LogP contribution is 2.40. The molecule has 0 aromatic heterocycles. The van der Waals surface area contributed by atoms with Crippen LogP contribution in [0.1, 0.15) is 5.56 Å². The van der Waals surface area contributed by atoms with E-state index in [9.17, 15) is 4.21 Å². The van der Waals surface area contributed by atoms with E-state index in [2.05, 4.69) is 78.9 Å². The molecule has 3 nitrogen and oxygen atoms in total. The van der Waals surface area contributed by atoms with E-state index in [1.54, 1.807) is 0 Å². The van der Waals surface area contributed by atoms with Crippen LogP contribution in [0.25, 0.3) is 43.4 Å². The number of rotatable bonds is 3. The largest absolute Gasteiger partial charge is 0.238 e. The van der Waals surface area contributed by atoms with Gasteiger partial charge in [-0.3, -0.25) is 0 Å².